The molecule has 2 heterocycles. The van der Waals surface area contributed by atoms with Crippen molar-refractivity contribution in [2.45, 2.75) is 31.1 Å². The van der Waals surface area contributed by atoms with Gasteiger partial charge in [-0.15, -0.1) is 0 Å². The summed E-state index contributed by atoms with van der Waals surface area (Å²) in [6.45, 7) is 2.01. The summed E-state index contributed by atoms with van der Waals surface area (Å²) in [6.07, 6.45) is 0.429. The van der Waals surface area contributed by atoms with Crippen LogP contribution in [-0.2, 0) is 9.59 Å². The Labute approximate surface area is 222 Å². The van der Waals surface area contributed by atoms with Gasteiger partial charge < -0.3 is 10.1 Å². The smallest absolute Gasteiger partial charge is 0.262 e. The highest BCUT2D eigenvalue weighted by Gasteiger charge is 2.39. The van der Waals surface area contributed by atoms with Crippen molar-refractivity contribution in [1.82, 2.24) is 5.01 Å². The van der Waals surface area contributed by atoms with Crippen LogP contribution in [0, 0.1) is 18.6 Å². The van der Waals surface area contributed by atoms with Gasteiger partial charge in [0.25, 0.3) is 5.91 Å². The fourth-order valence-electron chi connectivity index (χ4n) is 4.25. The highest BCUT2D eigenvalue weighted by molar-refractivity contribution is 8.15. The molecule has 38 heavy (non-hydrogen) atoms. The number of hydrogen-bond acceptors (Lipinski definition) is 6. The molecule has 2 atom stereocenters. The van der Waals surface area contributed by atoms with Gasteiger partial charge in [0.15, 0.2) is 16.8 Å². The van der Waals surface area contributed by atoms with Crippen LogP contribution in [-0.4, -0.2) is 40.1 Å². The molecular weight excluding hydrogens is 510 g/mol. The van der Waals surface area contributed by atoms with Gasteiger partial charge in [-0.3, -0.25) is 9.59 Å². The number of hydrazone groups is 1. The van der Waals surface area contributed by atoms with Crippen molar-refractivity contribution in [3.8, 4) is 5.75 Å². The third-order valence-electron chi connectivity index (χ3n) is 6.29. The summed E-state index contributed by atoms with van der Waals surface area (Å²) in [7, 11) is 1.61. The maximum absolute atomic E-state index is 13.5. The Hall–Kier alpha value is -4.05. The number of nitrogens with zero attached hydrogens (tertiary/aromatic N) is 3. The molecule has 194 valence electrons. The van der Waals surface area contributed by atoms with E-state index in [1.807, 2.05) is 55.5 Å². The van der Waals surface area contributed by atoms with E-state index in [1.165, 1.54) is 17.8 Å². The zero-order valence-corrected chi connectivity index (χ0v) is 21.5. The van der Waals surface area contributed by atoms with E-state index in [2.05, 4.69) is 10.3 Å². The maximum atomic E-state index is 13.5. The van der Waals surface area contributed by atoms with E-state index in [0.717, 1.165) is 40.3 Å². The summed E-state index contributed by atoms with van der Waals surface area (Å²) in [5, 5.41) is 8.75. The summed E-state index contributed by atoms with van der Waals surface area (Å²) in [4.78, 5) is 29.5. The van der Waals surface area contributed by atoms with Gasteiger partial charge in [-0.05, 0) is 54.4 Å². The number of rotatable bonds is 6. The lowest BCUT2D eigenvalue weighted by atomic mass is 9.98. The molecule has 1 N–H and O–H groups in total. The number of thioether (sulfide) groups is 1. The van der Waals surface area contributed by atoms with Gasteiger partial charge >= 0.3 is 0 Å². The van der Waals surface area contributed by atoms with Gasteiger partial charge in [-0.2, -0.15) is 10.1 Å². The SMILES string of the molecule is COc1ccc(C2=NN(C3=NC(=O)[C@H](CC(=O)Nc4ccc(F)c(F)c4)S3)[C@@H](c3ccc(C)cc3)C2)cc1. The molecule has 7 nitrogen and oxygen atoms in total. The van der Waals surface area contributed by atoms with Crippen molar-refractivity contribution in [3.63, 3.8) is 0 Å². The molecule has 3 aromatic rings. The molecule has 0 spiro atoms. The number of methoxy groups -OCH3 is 1. The molecule has 0 saturated heterocycles. The fourth-order valence-corrected chi connectivity index (χ4v) is 5.31. The molecule has 0 saturated carbocycles. The third kappa shape index (κ3) is 5.45. The van der Waals surface area contributed by atoms with Gasteiger partial charge in [0.05, 0.1) is 18.9 Å². The van der Waals surface area contributed by atoms with Crippen molar-refractivity contribution >= 4 is 40.1 Å². The molecule has 0 unspecified atom stereocenters. The highest BCUT2D eigenvalue weighted by Crippen LogP contribution is 2.39. The van der Waals surface area contributed by atoms with Crippen molar-refractivity contribution in [2.24, 2.45) is 10.1 Å². The lowest BCUT2D eigenvalue weighted by Crippen LogP contribution is -2.25. The number of ether oxygens (including phenoxy) is 1. The molecule has 0 aliphatic carbocycles. The van der Waals surface area contributed by atoms with Crippen LogP contribution in [0.2, 0.25) is 0 Å². The Morgan fingerprint density at radius 1 is 1.08 bits per heavy atom. The average Bonchev–Trinajstić information content (AvgIpc) is 3.51. The first-order valence-electron chi connectivity index (χ1n) is 11.9. The number of benzene rings is 3. The molecule has 2 aliphatic rings. The van der Waals surface area contributed by atoms with E-state index < -0.39 is 28.7 Å². The fraction of sp³-hybridized carbons (Fsp3) is 0.214. The lowest BCUT2D eigenvalue weighted by molar-refractivity contribution is -0.121. The van der Waals surface area contributed by atoms with Crippen LogP contribution >= 0.6 is 11.8 Å². The van der Waals surface area contributed by atoms with E-state index >= 15 is 0 Å². The van der Waals surface area contributed by atoms with Crippen molar-refractivity contribution in [3.05, 3.63) is 95.1 Å². The first-order valence-corrected chi connectivity index (χ1v) is 12.8. The number of carbonyl (C=O) groups excluding carboxylic acids is 2. The minimum Gasteiger partial charge on any atom is -0.497 e. The van der Waals surface area contributed by atoms with Crippen molar-refractivity contribution in [2.75, 3.05) is 12.4 Å². The quantitative estimate of drug-likeness (QED) is 0.454. The third-order valence-corrected chi connectivity index (χ3v) is 7.44. The predicted molar refractivity (Wildman–Crippen MR) is 143 cm³/mol. The van der Waals surface area contributed by atoms with E-state index in [0.29, 0.717) is 11.6 Å². The molecule has 0 radical (unpaired) electrons. The number of amides is 2. The largest absolute Gasteiger partial charge is 0.497 e. The highest BCUT2D eigenvalue weighted by atomic mass is 32.2. The summed E-state index contributed by atoms with van der Waals surface area (Å²) >= 11 is 1.17. The second kappa shape index (κ2) is 10.7. The molecular formula is C28H24F2N4O3S. The number of carbonyl (C=O) groups is 2. The van der Waals surface area contributed by atoms with Gasteiger partial charge in [0.2, 0.25) is 5.91 Å². The second-order valence-electron chi connectivity index (χ2n) is 8.97. The number of halogens is 2. The Morgan fingerprint density at radius 2 is 1.82 bits per heavy atom. The topological polar surface area (TPSA) is 83.4 Å². The van der Waals surface area contributed by atoms with E-state index in [-0.39, 0.29) is 18.2 Å². The van der Waals surface area contributed by atoms with Crippen LogP contribution in [0.25, 0.3) is 0 Å². The number of anilines is 1. The van der Waals surface area contributed by atoms with Crippen LogP contribution in [0.1, 0.15) is 35.6 Å². The molecule has 5 rings (SSSR count). The van der Waals surface area contributed by atoms with Gasteiger partial charge in [0, 0.05) is 24.6 Å². The maximum Gasteiger partial charge on any atom is 0.262 e. The Kier molecular flexibility index (Phi) is 7.24. The molecule has 2 aliphatic heterocycles. The van der Waals surface area contributed by atoms with Crippen LogP contribution in [0.5, 0.6) is 5.75 Å². The Bertz CT molecular complexity index is 1440. The molecule has 0 fully saturated rings. The van der Waals surface area contributed by atoms with Crippen molar-refractivity contribution < 1.29 is 23.1 Å². The van der Waals surface area contributed by atoms with Crippen LogP contribution < -0.4 is 10.1 Å². The average molecular weight is 535 g/mol. The number of aliphatic imine (C=N–C) groups is 1. The Morgan fingerprint density at radius 3 is 2.50 bits per heavy atom. The molecule has 2 amide bonds. The number of aryl methyl sites for hydroxylation is 1. The molecule has 3 aromatic carbocycles. The van der Waals surface area contributed by atoms with E-state index in [9.17, 15) is 18.4 Å². The van der Waals surface area contributed by atoms with Gasteiger partial charge in [-0.25, -0.2) is 13.8 Å². The van der Waals surface area contributed by atoms with Crippen LogP contribution in [0.3, 0.4) is 0 Å². The number of nitrogens with one attached hydrogen (secondary N) is 1. The summed E-state index contributed by atoms with van der Waals surface area (Å²) < 4.78 is 31.9. The van der Waals surface area contributed by atoms with E-state index in [4.69, 9.17) is 9.84 Å². The van der Waals surface area contributed by atoms with Gasteiger partial charge in [0.1, 0.15) is 11.0 Å². The predicted octanol–water partition coefficient (Wildman–Crippen LogP) is 5.46. The zero-order chi connectivity index (χ0) is 26.8. The molecule has 0 bridgehead atoms. The first-order chi connectivity index (χ1) is 18.3. The zero-order valence-electron chi connectivity index (χ0n) is 20.7. The second-order valence-corrected chi connectivity index (χ2v) is 10.1. The normalized spacial score (nSPS) is 18.8. The number of amidine groups is 1. The Balaban J connectivity index is 1.34. The van der Waals surface area contributed by atoms with Crippen LogP contribution in [0.4, 0.5) is 14.5 Å². The standard InChI is InChI=1S/C28H24F2N4O3S/c1-16-3-5-18(6-4-16)24-14-23(17-7-10-20(37-2)11-8-17)33-34(24)28-32-27(36)25(38-28)15-26(35)31-19-9-12-21(29)22(30)13-19/h3-13,24-25H,14-15H2,1-2H3,(H,31,35)/t24-,25+/m1/s1. The minimum absolute atomic E-state index is 0.109. The molecule has 0 aromatic heterocycles. The summed E-state index contributed by atoms with van der Waals surface area (Å²) in [6, 6.07) is 18.6. The summed E-state index contributed by atoms with van der Waals surface area (Å²) in [5.74, 6) is -2.28. The molecule has 10 heteroatoms. The monoisotopic (exact) mass is 534 g/mol. The number of hydrogen-bond donors (Lipinski definition) is 1. The summed E-state index contributed by atoms with van der Waals surface area (Å²) in [5.41, 5.74) is 4.04. The first kappa shape index (κ1) is 25.6. The lowest BCUT2D eigenvalue weighted by Gasteiger charge is -2.23. The van der Waals surface area contributed by atoms with Gasteiger partial charge in [-0.1, -0.05) is 41.6 Å². The van der Waals surface area contributed by atoms with E-state index in [1.54, 1.807) is 12.1 Å². The van der Waals surface area contributed by atoms with Crippen LogP contribution in [0.15, 0.2) is 76.8 Å². The van der Waals surface area contributed by atoms with Crippen molar-refractivity contribution in [1.29, 1.82) is 0 Å². The minimum atomic E-state index is -1.07.